The van der Waals surface area contributed by atoms with Crippen LogP contribution in [0.15, 0.2) is 41.8 Å². The normalized spacial score (nSPS) is 12.2. The van der Waals surface area contributed by atoms with Gasteiger partial charge in [-0.05, 0) is 35.7 Å². The summed E-state index contributed by atoms with van der Waals surface area (Å²) in [6.07, 6.45) is -10.1. The van der Waals surface area contributed by atoms with E-state index in [-0.39, 0.29) is 32.0 Å². The second-order valence-corrected chi connectivity index (χ2v) is 6.74. The van der Waals surface area contributed by atoms with Crippen molar-refractivity contribution in [2.45, 2.75) is 12.4 Å². The number of anilines is 1. The summed E-state index contributed by atoms with van der Waals surface area (Å²) in [6.45, 7) is 0. The van der Waals surface area contributed by atoms with E-state index in [9.17, 15) is 31.1 Å². The third-order valence-corrected chi connectivity index (χ3v) is 4.82. The minimum atomic E-state index is -5.04. The highest BCUT2D eigenvalue weighted by Crippen LogP contribution is 2.36. The number of thiophene rings is 1. The Morgan fingerprint density at radius 1 is 1.04 bits per heavy atom. The first kappa shape index (κ1) is 20.2. The molecular weight excluding hydrogens is 432 g/mol. The van der Waals surface area contributed by atoms with E-state index < -0.39 is 29.6 Å². The molecular formula is C16H8ClF6N3OS. The minimum Gasteiger partial charge on any atom is -0.321 e. The third-order valence-electron chi connectivity index (χ3n) is 3.48. The van der Waals surface area contributed by atoms with Gasteiger partial charge < -0.3 is 5.32 Å². The summed E-state index contributed by atoms with van der Waals surface area (Å²) in [5, 5.41) is 7.37. The van der Waals surface area contributed by atoms with E-state index in [0.29, 0.717) is 0 Å². The van der Waals surface area contributed by atoms with E-state index in [2.05, 4.69) is 10.4 Å². The number of aromatic nitrogens is 2. The van der Waals surface area contributed by atoms with Crippen molar-refractivity contribution in [2.24, 2.45) is 0 Å². The molecule has 0 fully saturated rings. The lowest BCUT2D eigenvalue weighted by Crippen LogP contribution is -2.14. The second kappa shape index (κ2) is 7.13. The van der Waals surface area contributed by atoms with Crippen molar-refractivity contribution in [1.29, 1.82) is 0 Å². The van der Waals surface area contributed by atoms with Crippen LogP contribution in [0.3, 0.4) is 0 Å². The van der Waals surface area contributed by atoms with Crippen LogP contribution >= 0.6 is 22.9 Å². The van der Waals surface area contributed by atoms with Crippen LogP contribution in [-0.2, 0) is 12.4 Å². The van der Waals surface area contributed by atoms with Gasteiger partial charge in [-0.3, -0.25) is 4.79 Å². The number of hydrogen-bond donors (Lipinski definition) is 1. The lowest BCUT2D eigenvalue weighted by atomic mass is 10.2. The predicted octanol–water partition coefficient (Wildman–Crippen LogP) is 5.88. The summed E-state index contributed by atoms with van der Waals surface area (Å²) >= 11 is 6.94. The highest BCUT2D eigenvalue weighted by atomic mass is 35.5. The van der Waals surface area contributed by atoms with Gasteiger partial charge in [0.15, 0.2) is 5.69 Å². The van der Waals surface area contributed by atoms with Crippen molar-refractivity contribution >= 4 is 34.5 Å². The molecule has 0 atom stereocenters. The van der Waals surface area contributed by atoms with E-state index in [1.165, 1.54) is 18.2 Å². The fourth-order valence-electron chi connectivity index (χ4n) is 2.25. The van der Waals surface area contributed by atoms with Gasteiger partial charge in [0.1, 0.15) is 10.6 Å². The molecule has 148 valence electrons. The van der Waals surface area contributed by atoms with Crippen LogP contribution in [0.4, 0.5) is 32.0 Å². The number of nitrogens with zero attached hydrogens (tertiary/aromatic N) is 2. The van der Waals surface area contributed by atoms with Crippen LogP contribution in [0.5, 0.6) is 0 Å². The second-order valence-electron chi connectivity index (χ2n) is 5.42. The molecule has 1 amide bonds. The topological polar surface area (TPSA) is 46.9 Å². The standard InChI is InChI=1S/C16H8ClF6N3OS/c17-10-5-6-28-13(10)14(27)24-8-1-3-9(4-2-8)26-12(16(21,22)23)7-11(25-26)15(18,19)20/h1-7H,(H,24,27). The Morgan fingerprint density at radius 2 is 1.68 bits per heavy atom. The van der Waals surface area contributed by atoms with Gasteiger partial charge in [-0.1, -0.05) is 11.6 Å². The maximum atomic E-state index is 13.1. The summed E-state index contributed by atoms with van der Waals surface area (Å²) in [5.41, 5.74) is -3.27. The van der Waals surface area contributed by atoms with Crippen LogP contribution < -0.4 is 5.32 Å². The summed E-state index contributed by atoms with van der Waals surface area (Å²) in [4.78, 5) is 12.3. The number of hydrogen-bond acceptors (Lipinski definition) is 3. The lowest BCUT2D eigenvalue weighted by Gasteiger charge is -2.11. The SMILES string of the molecule is O=C(Nc1ccc(-n2nc(C(F)(F)F)cc2C(F)(F)F)cc1)c1sccc1Cl. The molecule has 0 unspecified atom stereocenters. The van der Waals surface area contributed by atoms with Gasteiger partial charge in [-0.25, -0.2) is 4.68 Å². The number of amides is 1. The fourth-order valence-corrected chi connectivity index (χ4v) is 3.28. The third kappa shape index (κ3) is 4.14. The van der Waals surface area contributed by atoms with E-state index >= 15 is 0 Å². The Kier molecular flexibility index (Phi) is 5.15. The summed E-state index contributed by atoms with van der Waals surface area (Å²) in [7, 11) is 0. The first-order valence-corrected chi connectivity index (χ1v) is 8.62. The Bertz CT molecular complexity index is 1010. The maximum absolute atomic E-state index is 13.1. The van der Waals surface area contributed by atoms with Gasteiger partial charge in [0.05, 0.1) is 10.7 Å². The molecule has 0 bridgehead atoms. The molecule has 4 nitrogen and oxygen atoms in total. The molecule has 28 heavy (non-hydrogen) atoms. The number of nitrogens with one attached hydrogen (secondary N) is 1. The number of carbonyl (C=O) groups is 1. The average molecular weight is 440 g/mol. The Labute approximate surface area is 162 Å². The van der Waals surface area contributed by atoms with Gasteiger partial charge in [-0.2, -0.15) is 31.4 Å². The molecule has 2 heterocycles. The van der Waals surface area contributed by atoms with Crippen molar-refractivity contribution in [3.63, 3.8) is 0 Å². The molecule has 1 N–H and O–H groups in total. The van der Waals surface area contributed by atoms with Crippen LogP contribution in [0.25, 0.3) is 5.69 Å². The quantitative estimate of drug-likeness (QED) is 0.518. The number of carbonyl (C=O) groups excluding carboxylic acids is 1. The first-order valence-electron chi connectivity index (χ1n) is 7.36. The van der Waals surface area contributed by atoms with Crippen molar-refractivity contribution in [2.75, 3.05) is 5.32 Å². The molecule has 12 heteroatoms. The van der Waals surface area contributed by atoms with Crippen LogP contribution in [-0.4, -0.2) is 15.7 Å². The fraction of sp³-hybridized carbons (Fsp3) is 0.125. The molecule has 0 radical (unpaired) electrons. The van der Waals surface area contributed by atoms with Gasteiger partial charge in [0.2, 0.25) is 0 Å². The zero-order valence-electron chi connectivity index (χ0n) is 13.4. The number of rotatable bonds is 3. The molecule has 0 aliphatic heterocycles. The van der Waals surface area contributed by atoms with Gasteiger partial charge in [0.25, 0.3) is 5.91 Å². The summed E-state index contributed by atoms with van der Waals surface area (Å²) < 4.78 is 77.7. The molecule has 2 aromatic heterocycles. The average Bonchev–Trinajstić information content (AvgIpc) is 3.21. The molecule has 0 saturated carbocycles. The van der Waals surface area contributed by atoms with E-state index in [4.69, 9.17) is 11.6 Å². The molecule has 0 aliphatic carbocycles. The number of benzene rings is 1. The largest absolute Gasteiger partial charge is 0.435 e. The highest BCUT2D eigenvalue weighted by molar-refractivity contribution is 7.12. The van der Waals surface area contributed by atoms with Gasteiger partial charge in [-0.15, -0.1) is 11.3 Å². The van der Waals surface area contributed by atoms with Crippen LogP contribution in [0.1, 0.15) is 21.1 Å². The van der Waals surface area contributed by atoms with E-state index in [1.807, 2.05) is 0 Å². The molecule has 1 aromatic carbocycles. The summed E-state index contributed by atoms with van der Waals surface area (Å²) in [5.74, 6) is -0.526. The lowest BCUT2D eigenvalue weighted by molar-refractivity contribution is -0.143. The van der Waals surface area contributed by atoms with Crippen molar-refractivity contribution in [3.05, 3.63) is 63.1 Å². The molecule has 3 aromatic rings. The smallest absolute Gasteiger partial charge is 0.321 e. The zero-order chi connectivity index (χ0) is 20.7. The Hall–Kier alpha value is -2.53. The molecule has 0 spiro atoms. The minimum absolute atomic E-state index is 0.0610. The number of halogens is 7. The van der Waals surface area contributed by atoms with E-state index in [0.717, 1.165) is 23.5 Å². The Balaban J connectivity index is 1.90. The zero-order valence-corrected chi connectivity index (χ0v) is 15.0. The summed E-state index contributed by atoms with van der Waals surface area (Å²) in [6, 6.07) is 6.16. The monoisotopic (exact) mass is 439 g/mol. The van der Waals surface area contributed by atoms with Gasteiger partial charge >= 0.3 is 12.4 Å². The number of alkyl halides is 6. The first-order chi connectivity index (χ1) is 13.0. The molecule has 3 rings (SSSR count). The Morgan fingerprint density at radius 3 is 2.18 bits per heavy atom. The highest BCUT2D eigenvalue weighted by Gasteiger charge is 2.42. The molecule has 0 aliphatic rings. The van der Waals surface area contributed by atoms with Crippen molar-refractivity contribution < 1.29 is 31.1 Å². The predicted molar refractivity (Wildman–Crippen MR) is 90.9 cm³/mol. The maximum Gasteiger partial charge on any atom is 0.435 e. The van der Waals surface area contributed by atoms with E-state index in [1.54, 1.807) is 5.38 Å². The van der Waals surface area contributed by atoms with Crippen LogP contribution in [0.2, 0.25) is 5.02 Å². The van der Waals surface area contributed by atoms with Crippen molar-refractivity contribution in [3.8, 4) is 5.69 Å². The molecule has 0 saturated heterocycles. The van der Waals surface area contributed by atoms with Crippen molar-refractivity contribution in [1.82, 2.24) is 9.78 Å². The van der Waals surface area contributed by atoms with Gasteiger partial charge in [0, 0.05) is 11.8 Å². The van der Waals surface area contributed by atoms with Crippen LogP contribution in [0, 0.1) is 0 Å².